The van der Waals surface area contributed by atoms with Gasteiger partial charge in [0, 0.05) is 22.4 Å². The first kappa shape index (κ1) is 27.4. The highest BCUT2D eigenvalue weighted by molar-refractivity contribution is 7.15. The molecule has 0 amide bonds. The fourth-order valence-corrected chi connectivity index (χ4v) is 4.99. The van der Waals surface area contributed by atoms with Crippen molar-refractivity contribution in [1.29, 1.82) is 0 Å². The number of aromatic nitrogens is 1. The van der Waals surface area contributed by atoms with E-state index >= 15 is 0 Å². The number of carbonyl (C=O) groups excluding carboxylic acids is 1. The van der Waals surface area contributed by atoms with Crippen molar-refractivity contribution in [3.63, 3.8) is 0 Å². The number of aliphatic carboxylic acids is 1. The van der Waals surface area contributed by atoms with Crippen molar-refractivity contribution in [2.45, 2.75) is 65.2 Å². The van der Waals surface area contributed by atoms with E-state index in [4.69, 9.17) is 4.74 Å². The van der Waals surface area contributed by atoms with E-state index in [1.54, 1.807) is 31.2 Å². The molecule has 1 N–H and O–H groups in total. The number of hydrogen-bond donors (Lipinski definition) is 1. The maximum absolute atomic E-state index is 13.5. The lowest BCUT2D eigenvalue weighted by atomic mass is 9.99. The lowest BCUT2D eigenvalue weighted by Crippen LogP contribution is -2.37. The SMILES string of the molecule is Cc1cc(OC(C)(C)C(=O)O)ccc1C(=O)CCc1sc(-c2ccccc2C(F)(F)F)nc1C(C)C. The number of hydrogen-bond acceptors (Lipinski definition) is 5. The summed E-state index contributed by atoms with van der Waals surface area (Å²) in [4.78, 5) is 29.6. The van der Waals surface area contributed by atoms with Gasteiger partial charge in [0.1, 0.15) is 10.8 Å². The molecule has 0 aliphatic heterocycles. The molecule has 1 heterocycles. The van der Waals surface area contributed by atoms with Gasteiger partial charge in [0.2, 0.25) is 0 Å². The highest BCUT2D eigenvalue weighted by Crippen LogP contribution is 2.40. The summed E-state index contributed by atoms with van der Waals surface area (Å²) in [7, 11) is 0. The van der Waals surface area contributed by atoms with Gasteiger partial charge in [0.25, 0.3) is 0 Å². The molecule has 192 valence electrons. The Kier molecular flexibility index (Phi) is 7.93. The highest BCUT2D eigenvalue weighted by atomic mass is 32.1. The summed E-state index contributed by atoms with van der Waals surface area (Å²) in [6.45, 7) is 8.45. The summed E-state index contributed by atoms with van der Waals surface area (Å²) in [5.41, 5.74) is -0.303. The van der Waals surface area contributed by atoms with Crippen LogP contribution in [0.4, 0.5) is 13.2 Å². The Balaban J connectivity index is 1.82. The molecule has 0 spiro atoms. The quantitative estimate of drug-likeness (QED) is 0.300. The van der Waals surface area contributed by atoms with Crippen molar-refractivity contribution < 1.29 is 32.6 Å². The minimum absolute atomic E-state index is 0.0195. The molecule has 0 saturated carbocycles. The van der Waals surface area contributed by atoms with Crippen LogP contribution in [0.15, 0.2) is 42.5 Å². The number of carboxylic acid groups (broad SMARTS) is 1. The number of rotatable bonds is 9. The molecule has 0 aliphatic rings. The van der Waals surface area contributed by atoms with Gasteiger partial charge >= 0.3 is 12.1 Å². The minimum atomic E-state index is -4.50. The van der Waals surface area contributed by atoms with Gasteiger partial charge in [-0.05, 0) is 62.9 Å². The van der Waals surface area contributed by atoms with Gasteiger partial charge in [0.15, 0.2) is 11.4 Å². The van der Waals surface area contributed by atoms with Crippen LogP contribution in [-0.2, 0) is 17.4 Å². The van der Waals surface area contributed by atoms with Gasteiger partial charge in [-0.3, -0.25) is 4.79 Å². The Morgan fingerprint density at radius 1 is 1.11 bits per heavy atom. The Morgan fingerprint density at radius 2 is 1.78 bits per heavy atom. The molecule has 2 aromatic carbocycles. The molecule has 36 heavy (non-hydrogen) atoms. The van der Waals surface area contributed by atoms with E-state index < -0.39 is 23.3 Å². The number of carbonyl (C=O) groups is 2. The molecule has 0 unspecified atom stereocenters. The van der Waals surface area contributed by atoms with E-state index in [0.29, 0.717) is 29.0 Å². The van der Waals surface area contributed by atoms with Crippen LogP contribution in [-0.4, -0.2) is 27.4 Å². The second kappa shape index (κ2) is 10.4. The van der Waals surface area contributed by atoms with Crippen molar-refractivity contribution >= 4 is 23.1 Å². The third-order valence-corrected chi connectivity index (χ3v) is 6.87. The number of ether oxygens (including phenoxy) is 1. The molecule has 0 atom stereocenters. The third kappa shape index (κ3) is 6.13. The second-order valence-corrected chi connectivity index (χ2v) is 10.4. The van der Waals surface area contributed by atoms with Crippen LogP contribution < -0.4 is 4.74 Å². The van der Waals surface area contributed by atoms with Gasteiger partial charge in [-0.15, -0.1) is 11.3 Å². The molecule has 1 aromatic heterocycles. The van der Waals surface area contributed by atoms with Crippen LogP contribution in [0.1, 0.15) is 72.1 Å². The van der Waals surface area contributed by atoms with Crippen molar-refractivity contribution in [2.24, 2.45) is 0 Å². The average molecular weight is 520 g/mol. The number of carboxylic acids is 1. The van der Waals surface area contributed by atoms with Crippen molar-refractivity contribution in [3.8, 4) is 16.3 Å². The van der Waals surface area contributed by atoms with E-state index in [-0.39, 0.29) is 28.7 Å². The minimum Gasteiger partial charge on any atom is -0.478 e. The Hall–Kier alpha value is -3.20. The fourth-order valence-electron chi connectivity index (χ4n) is 3.74. The van der Waals surface area contributed by atoms with Gasteiger partial charge < -0.3 is 9.84 Å². The van der Waals surface area contributed by atoms with E-state index in [0.717, 1.165) is 10.9 Å². The number of Topliss-reactive ketones (excluding diaryl/α,β-unsaturated/α-hetero) is 1. The molecule has 0 fully saturated rings. The summed E-state index contributed by atoms with van der Waals surface area (Å²) >= 11 is 1.19. The number of thiazole rings is 1. The molecule has 0 aliphatic carbocycles. The molecule has 3 aromatic rings. The summed E-state index contributed by atoms with van der Waals surface area (Å²) in [6.07, 6.45) is -3.99. The number of alkyl halides is 3. The Labute approximate surface area is 212 Å². The van der Waals surface area contributed by atoms with Crippen molar-refractivity contribution in [1.82, 2.24) is 4.98 Å². The van der Waals surface area contributed by atoms with Gasteiger partial charge in [-0.1, -0.05) is 32.0 Å². The molecular weight excluding hydrogens is 491 g/mol. The summed E-state index contributed by atoms with van der Waals surface area (Å²) in [6, 6.07) is 10.1. The van der Waals surface area contributed by atoms with E-state index in [1.165, 1.54) is 37.3 Å². The second-order valence-electron chi connectivity index (χ2n) is 9.34. The Morgan fingerprint density at radius 3 is 2.36 bits per heavy atom. The standard InChI is InChI=1S/C27H28F3NO4S/c1-15(2)23-22(36-24(31-23)19-8-6-7-9-20(19)27(28,29)30)13-12-21(32)18-11-10-17(14-16(18)3)35-26(4,5)25(33)34/h6-11,14-15H,12-13H2,1-5H3,(H,33,34). The lowest BCUT2D eigenvalue weighted by Gasteiger charge is -2.22. The Bertz CT molecular complexity index is 1280. The van der Waals surface area contributed by atoms with Crippen molar-refractivity contribution in [2.75, 3.05) is 0 Å². The molecule has 0 radical (unpaired) electrons. The lowest BCUT2D eigenvalue weighted by molar-refractivity contribution is -0.152. The largest absolute Gasteiger partial charge is 0.478 e. The predicted octanol–water partition coefficient (Wildman–Crippen LogP) is 7.32. The number of halogens is 3. The van der Waals surface area contributed by atoms with Crippen LogP contribution >= 0.6 is 11.3 Å². The van der Waals surface area contributed by atoms with E-state index in [2.05, 4.69) is 4.98 Å². The third-order valence-electron chi connectivity index (χ3n) is 5.70. The molecular formula is C27H28F3NO4S. The first-order valence-corrected chi connectivity index (χ1v) is 12.2. The van der Waals surface area contributed by atoms with Crippen LogP contribution in [0, 0.1) is 6.92 Å². The maximum atomic E-state index is 13.5. The smallest absolute Gasteiger partial charge is 0.417 e. The summed E-state index contributed by atoms with van der Waals surface area (Å²) < 4.78 is 46.1. The molecule has 9 heteroatoms. The molecule has 0 bridgehead atoms. The molecule has 3 rings (SSSR count). The normalized spacial score (nSPS) is 12.1. The number of aryl methyl sites for hydroxylation is 2. The van der Waals surface area contributed by atoms with E-state index in [9.17, 15) is 27.9 Å². The first-order chi connectivity index (χ1) is 16.7. The topological polar surface area (TPSA) is 76.5 Å². The van der Waals surface area contributed by atoms with Crippen LogP contribution in [0.2, 0.25) is 0 Å². The van der Waals surface area contributed by atoms with Gasteiger partial charge in [0.05, 0.1) is 11.3 Å². The first-order valence-electron chi connectivity index (χ1n) is 11.4. The predicted molar refractivity (Wildman–Crippen MR) is 133 cm³/mol. The number of nitrogens with zero attached hydrogens (tertiary/aromatic N) is 1. The fraction of sp³-hybridized carbons (Fsp3) is 0.370. The van der Waals surface area contributed by atoms with Gasteiger partial charge in [-0.25, -0.2) is 9.78 Å². The maximum Gasteiger partial charge on any atom is 0.417 e. The zero-order chi connectivity index (χ0) is 26.8. The highest BCUT2D eigenvalue weighted by Gasteiger charge is 2.34. The van der Waals surface area contributed by atoms with Crippen LogP contribution in [0.3, 0.4) is 0 Å². The summed E-state index contributed by atoms with van der Waals surface area (Å²) in [5.74, 6) is -0.914. The number of ketones is 1. The average Bonchev–Trinajstić information content (AvgIpc) is 3.21. The van der Waals surface area contributed by atoms with E-state index in [1.807, 2.05) is 13.8 Å². The van der Waals surface area contributed by atoms with Gasteiger partial charge in [-0.2, -0.15) is 13.2 Å². The molecule has 0 saturated heterocycles. The molecule has 5 nitrogen and oxygen atoms in total. The summed E-state index contributed by atoms with van der Waals surface area (Å²) in [5, 5.41) is 9.53. The van der Waals surface area contributed by atoms with Crippen LogP contribution in [0.5, 0.6) is 5.75 Å². The monoisotopic (exact) mass is 519 g/mol. The zero-order valence-electron chi connectivity index (χ0n) is 20.7. The zero-order valence-corrected chi connectivity index (χ0v) is 21.5. The number of benzene rings is 2. The van der Waals surface area contributed by atoms with Crippen molar-refractivity contribution in [3.05, 3.63) is 69.7 Å². The van der Waals surface area contributed by atoms with Crippen LogP contribution in [0.25, 0.3) is 10.6 Å².